The van der Waals surface area contributed by atoms with Crippen molar-refractivity contribution in [3.63, 3.8) is 0 Å². The lowest BCUT2D eigenvalue weighted by atomic mass is 9.80. The van der Waals surface area contributed by atoms with Crippen molar-refractivity contribution in [2.24, 2.45) is 16.2 Å². The molecule has 3 saturated heterocycles. The summed E-state index contributed by atoms with van der Waals surface area (Å²) >= 11 is 0. The Morgan fingerprint density at radius 1 is 0.600 bits per heavy atom. The number of hydrogen-bond donors (Lipinski definition) is 0. The molecule has 0 saturated carbocycles. The zero-order chi connectivity index (χ0) is 15.1. The van der Waals surface area contributed by atoms with Gasteiger partial charge in [-0.2, -0.15) is 0 Å². The highest BCUT2D eigenvalue weighted by atomic mass is 31.3. The van der Waals surface area contributed by atoms with Gasteiger partial charge in [0.1, 0.15) is 0 Å². The molecule has 0 aromatic rings. The SMILES string of the molecule is CC(C)(C)C12P3C=CP1C1(C(C)(C)C)P2C31C(C)(C)C. The molecule has 4 unspecified atom stereocenters. The molecule has 3 fully saturated rings. The average molecular weight is 326 g/mol. The Bertz CT molecular complexity index is 504. The molecule has 4 aliphatic heterocycles. The minimum atomic E-state index is 0.124. The van der Waals surface area contributed by atoms with Crippen molar-refractivity contribution < 1.29 is 0 Å². The van der Waals surface area contributed by atoms with E-state index >= 15 is 0 Å². The fourth-order valence-electron chi connectivity index (χ4n) is 6.09. The van der Waals surface area contributed by atoms with E-state index in [0.717, 1.165) is 14.4 Å². The molecule has 0 radical (unpaired) electrons. The van der Waals surface area contributed by atoms with Crippen LogP contribution in [0.25, 0.3) is 0 Å². The quantitative estimate of drug-likeness (QED) is 0.415. The summed E-state index contributed by atoms with van der Waals surface area (Å²) in [5, 5.41) is 0. The topological polar surface area (TPSA) is 0 Å². The molecule has 112 valence electrons. The van der Waals surface area contributed by atoms with E-state index in [9.17, 15) is 0 Å². The third-order valence-electron chi connectivity index (χ3n) is 6.23. The molecule has 20 heavy (non-hydrogen) atoms. The lowest BCUT2D eigenvalue weighted by Gasteiger charge is -2.65. The lowest BCUT2D eigenvalue weighted by molar-refractivity contribution is 0.294. The zero-order valence-electron chi connectivity index (χ0n) is 14.5. The summed E-state index contributed by atoms with van der Waals surface area (Å²) in [6.45, 7) is 22.9. The molecule has 0 spiro atoms. The predicted octanol–water partition coefficient (Wildman–Crippen LogP) is 7.14. The highest BCUT2D eigenvalue weighted by Gasteiger charge is 3.10. The van der Waals surface area contributed by atoms with Crippen LogP contribution in [0.2, 0.25) is 0 Å². The van der Waals surface area contributed by atoms with Crippen molar-refractivity contribution in [1.82, 2.24) is 0 Å². The van der Waals surface area contributed by atoms with Crippen LogP contribution in [0, 0.1) is 16.2 Å². The minimum Gasteiger partial charge on any atom is -0.0640 e. The Morgan fingerprint density at radius 2 is 0.950 bits per heavy atom. The summed E-state index contributed by atoms with van der Waals surface area (Å²) < 4.78 is 0.785. The van der Waals surface area contributed by atoms with Crippen LogP contribution in [0.3, 0.4) is 0 Å². The minimum absolute atomic E-state index is 0.124. The second kappa shape index (κ2) is 3.14. The molecule has 0 aliphatic carbocycles. The van der Waals surface area contributed by atoms with Gasteiger partial charge in [0, 0.05) is 14.4 Å². The third-order valence-corrected chi connectivity index (χ3v) is 24.6. The lowest BCUT2D eigenvalue weighted by Crippen LogP contribution is -2.45. The van der Waals surface area contributed by atoms with E-state index in [1.165, 1.54) is 0 Å². The van der Waals surface area contributed by atoms with Gasteiger partial charge in [0.15, 0.2) is 0 Å². The van der Waals surface area contributed by atoms with Gasteiger partial charge in [-0.15, -0.1) is 0 Å². The van der Waals surface area contributed by atoms with Crippen LogP contribution in [0.15, 0.2) is 11.6 Å². The maximum Gasteiger partial charge on any atom is 0.0456 e. The second-order valence-corrected chi connectivity index (χ2v) is 19.3. The summed E-state index contributed by atoms with van der Waals surface area (Å²) in [5.74, 6) is 5.46. The standard InChI is InChI=1S/C17H29P3/c1-12(2,3)15-16(13(4,5)6)19-11-10-18(15)17(19,20(15)16)14(7,8)9/h10-11H,1-9H3. The molecule has 3 heteroatoms. The molecule has 4 heterocycles. The zero-order valence-corrected chi connectivity index (χ0v) is 17.2. The Morgan fingerprint density at radius 3 is 1.20 bits per heavy atom. The van der Waals surface area contributed by atoms with E-state index in [1.807, 2.05) is 0 Å². The van der Waals surface area contributed by atoms with Crippen LogP contribution in [-0.2, 0) is 0 Å². The molecule has 0 bridgehead atoms. The van der Waals surface area contributed by atoms with Crippen molar-refractivity contribution in [2.75, 3.05) is 0 Å². The van der Waals surface area contributed by atoms with Crippen LogP contribution in [0.5, 0.6) is 0 Å². The Labute approximate surface area is 128 Å². The number of hydrogen-bond acceptors (Lipinski definition) is 0. The van der Waals surface area contributed by atoms with Crippen LogP contribution in [0.1, 0.15) is 62.3 Å². The van der Waals surface area contributed by atoms with Gasteiger partial charge in [-0.3, -0.25) is 0 Å². The summed E-state index contributed by atoms with van der Waals surface area (Å²) in [4.78, 5) is 1.49. The van der Waals surface area contributed by atoms with Crippen molar-refractivity contribution in [1.29, 1.82) is 0 Å². The van der Waals surface area contributed by atoms with Gasteiger partial charge in [0.25, 0.3) is 0 Å². The van der Waals surface area contributed by atoms with E-state index < -0.39 is 0 Å². The fourth-order valence-corrected chi connectivity index (χ4v) is 30.8. The average Bonchev–Trinajstić information content (AvgIpc) is 2.47. The largest absolute Gasteiger partial charge is 0.0640 e. The molecule has 0 aromatic heterocycles. The van der Waals surface area contributed by atoms with Gasteiger partial charge in [0.05, 0.1) is 0 Å². The first-order valence-electron chi connectivity index (χ1n) is 7.91. The maximum atomic E-state index is 2.73. The van der Waals surface area contributed by atoms with Crippen molar-refractivity contribution in [3.05, 3.63) is 11.6 Å². The molecule has 4 aliphatic rings. The van der Waals surface area contributed by atoms with Gasteiger partial charge >= 0.3 is 0 Å². The first-order valence-corrected chi connectivity index (χ1v) is 12.1. The third kappa shape index (κ3) is 0.919. The van der Waals surface area contributed by atoms with Crippen molar-refractivity contribution in [2.45, 2.75) is 76.7 Å². The van der Waals surface area contributed by atoms with Gasteiger partial charge in [-0.05, 0) is 16.2 Å². The van der Waals surface area contributed by atoms with E-state index in [2.05, 4.69) is 73.9 Å². The smallest absolute Gasteiger partial charge is 0.0456 e. The Hall–Kier alpha value is 1.03. The van der Waals surface area contributed by atoms with Gasteiger partial charge in [-0.1, -0.05) is 97.7 Å². The first-order chi connectivity index (χ1) is 8.84. The van der Waals surface area contributed by atoms with Crippen LogP contribution in [0.4, 0.5) is 0 Å². The Kier molecular flexibility index (Phi) is 2.30. The molecule has 0 amide bonds. The number of fused-ring (bicyclic) bond motifs is 3. The molecule has 0 nitrogen and oxygen atoms in total. The highest BCUT2D eigenvalue weighted by molar-refractivity contribution is 8.27. The summed E-state index contributed by atoms with van der Waals surface area (Å²) in [7, 11) is 0.494. The Balaban J connectivity index is 1.94. The van der Waals surface area contributed by atoms with Crippen molar-refractivity contribution in [3.8, 4) is 0 Å². The molecular formula is C17H29P3. The van der Waals surface area contributed by atoms with Gasteiger partial charge in [0.2, 0.25) is 0 Å². The van der Waals surface area contributed by atoms with Gasteiger partial charge in [-0.25, -0.2) is 0 Å². The van der Waals surface area contributed by atoms with Crippen molar-refractivity contribution >= 4 is 23.8 Å². The molecule has 4 atom stereocenters. The highest BCUT2D eigenvalue weighted by Crippen LogP contribution is 3.36. The second-order valence-electron chi connectivity index (χ2n) is 10.1. The monoisotopic (exact) mass is 326 g/mol. The van der Waals surface area contributed by atoms with E-state index in [4.69, 9.17) is 0 Å². The molecule has 4 rings (SSSR count). The van der Waals surface area contributed by atoms with Crippen LogP contribution < -0.4 is 0 Å². The van der Waals surface area contributed by atoms with Crippen LogP contribution in [-0.4, -0.2) is 14.4 Å². The summed E-state index contributed by atoms with van der Waals surface area (Å²) in [5.41, 5.74) is 1.54. The van der Waals surface area contributed by atoms with E-state index in [-0.39, 0.29) is 23.8 Å². The molecular weight excluding hydrogens is 297 g/mol. The first kappa shape index (κ1) is 14.6. The number of rotatable bonds is 0. The van der Waals surface area contributed by atoms with E-state index in [0.29, 0.717) is 16.2 Å². The molecule has 0 aromatic carbocycles. The summed E-state index contributed by atoms with van der Waals surface area (Å²) in [6.07, 6.45) is 0. The normalized spacial score (nSPS) is 55.1. The maximum absolute atomic E-state index is 2.73. The van der Waals surface area contributed by atoms with Crippen LogP contribution >= 0.6 is 23.8 Å². The van der Waals surface area contributed by atoms with E-state index in [1.54, 1.807) is 0 Å². The van der Waals surface area contributed by atoms with Gasteiger partial charge < -0.3 is 0 Å². The fraction of sp³-hybridized carbons (Fsp3) is 0.882. The predicted molar refractivity (Wildman–Crippen MR) is 96.5 cm³/mol. The summed E-state index contributed by atoms with van der Waals surface area (Å²) in [6, 6.07) is 0. The molecule has 0 N–H and O–H groups in total.